The quantitative estimate of drug-likeness (QED) is 0.887. The summed E-state index contributed by atoms with van der Waals surface area (Å²) >= 11 is 0. The summed E-state index contributed by atoms with van der Waals surface area (Å²) in [4.78, 5) is 13.3. The van der Waals surface area contributed by atoms with Crippen LogP contribution >= 0.6 is 0 Å². The minimum absolute atomic E-state index is 0.220. The van der Waals surface area contributed by atoms with E-state index in [1.165, 1.54) is 0 Å². The molecule has 2 atom stereocenters. The Morgan fingerprint density at radius 2 is 2.25 bits per heavy atom. The molecule has 106 valence electrons. The van der Waals surface area contributed by atoms with Crippen LogP contribution < -0.4 is 4.90 Å². The molecule has 0 saturated carbocycles. The van der Waals surface area contributed by atoms with E-state index >= 15 is 0 Å². The average Bonchev–Trinajstić information content (AvgIpc) is 2.94. The first-order valence-electron chi connectivity index (χ1n) is 6.75. The van der Waals surface area contributed by atoms with E-state index in [0.29, 0.717) is 18.7 Å². The standard InChI is InChI=1S/C15H18N2O3/c1-2-7-17(13-6-4-3-5-11(13)8-16)14-10-20-9-12(14)15(18)19/h3-6,12,14H,2,7,9-10H2,1H3,(H,18,19). The molecule has 0 bridgehead atoms. The Morgan fingerprint density at radius 1 is 1.50 bits per heavy atom. The number of nitriles is 1. The normalized spacial score (nSPS) is 21.4. The van der Waals surface area contributed by atoms with Crippen LogP contribution in [0.3, 0.4) is 0 Å². The Bertz CT molecular complexity index is 524. The lowest BCUT2D eigenvalue weighted by Gasteiger charge is -2.32. The van der Waals surface area contributed by atoms with Gasteiger partial charge in [-0.25, -0.2) is 0 Å². The summed E-state index contributed by atoms with van der Waals surface area (Å²) in [6.07, 6.45) is 0.878. The van der Waals surface area contributed by atoms with Gasteiger partial charge in [-0.3, -0.25) is 4.79 Å². The molecule has 1 N–H and O–H groups in total. The Kier molecular flexibility index (Phi) is 4.59. The minimum atomic E-state index is -0.844. The molecule has 0 radical (unpaired) electrons. The maximum atomic E-state index is 11.3. The van der Waals surface area contributed by atoms with Crippen LogP contribution in [0.5, 0.6) is 0 Å². The monoisotopic (exact) mass is 274 g/mol. The van der Waals surface area contributed by atoms with Crippen LogP contribution in [-0.2, 0) is 9.53 Å². The first kappa shape index (κ1) is 14.4. The van der Waals surface area contributed by atoms with Gasteiger partial charge >= 0.3 is 5.97 Å². The number of carbonyl (C=O) groups is 1. The number of aliphatic carboxylic acids is 1. The van der Waals surface area contributed by atoms with Crippen molar-refractivity contribution in [3.63, 3.8) is 0 Å². The van der Waals surface area contributed by atoms with Gasteiger partial charge in [0.05, 0.1) is 30.5 Å². The third-order valence-electron chi connectivity index (χ3n) is 3.57. The molecule has 1 aromatic rings. The molecule has 2 rings (SSSR count). The summed E-state index contributed by atoms with van der Waals surface area (Å²) < 4.78 is 5.35. The van der Waals surface area contributed by atoms with Gasteiger partial charge in [0.25, 0.3) is 0 Å². The van der Waals surface area contributed by atoms with E-state index in [1.807, 2.05) is 30.0 Å². The van der Waals surface area contributed by atoms with Crippen LogP contribution in [0.1, 0.15) is 18.9 Å². The van der Waals surface area contributed by atoms with Gasteiger partial charge in [0, 0.05) is 6.54 Å². The van der Waals surface area contributed by atoms with Crippen LogP contribution in [0.4, 0.5) is 5.69 Å². The fraction of sp³-hybridized carbons (Fsp3) is 0.467. The number of para-hydroxylation sites is 1. The Morgan fingerprint density at radius 3 is 2.90 bits per heavy atom. The highest BCUT2D eigenvalue weighted by Gasteiger charge is 2.38. The van der Waals surface area contributed by atoms with Crippen molar-refractivity contribution in [1.29, 1.82) is 5.26 Å². The largest absolute Gasteiger partial charge is 0.481 e. The summed E-state index contributed by atoms with van der Waals surface area (Å²) in [5, 5.41) is 18.5. The average molecular weight is 274 g/mol. The predicted octanol–water partition coefficient (Wildman–Crippen LogP) is 1.87. The molecular weight excluding hydrogens is 256 g/mol. The zero-order chi connectivity index (χ0) is 14.5. The van der Waals surface area contributed by atoms with Crippen molar-refractivity contribution in [3.8, 4) is 6.07 Å². The number of benzene rings is 1. The van der Waals surface area contributed by atoms with E-state index in [2.05, 4.69) is 6.07 Å². The molecule has 2 unspecified atom stereocenters. The van der Waals surface area contributed by atoms with Crippen molar-refractivity contribution >= 4 is 11.7 Å². The van der Waals surface area contributed by atoms with Crippen LogP contribution in [-0.4, -0.2) is 36.9 Å². The molecular formula is C15H18N2O3. The summed E-state index contributed by atoms with van der Waals surface area (Å²) in [7, 11) is 0. The van der Waals surface area contributed by atoms with Crippen molar-refractivity contribution in [1.82, 2.24) is 0 Å². The second-order valence-corrected chi connectivity index (χ2v) is 4.87. The highest BCUT2D eigenvalue weighted by Crippen LogP contribution is 2.28. The summed E-state index contributed by atoms with van der Waals surface area (Å²) in [5.41, 5.74) is 1.36. The van der Waals surface area contributed by atoms with Gasteiger partial charge in [-0.15, -0.1) is 0 Å². The molecule has 1 heterocycles. The lowest BCUT2D eigenvalue weighted by Crippen LogP contribution is -2.44. The Labute approximate surface area is 118 Å². The van der Waals surface area contributed by atoms with Crippen LogP contribution in [0.2, 0.25) is 0 Å². The van der Waals surface area contributed by atoms with E-state index in [1.54, 1.807) is 6.07 Å². The number of hydrogen-bond acceptors (Lipinski definition) is 4. The summed E-state index contributed by atoms with van der Waals surface area (Å²) in [6, 6.07) is 9.25. The van der Waals surface area contributed by atoms with Gasteiger partial charge in [0.1, 0.15) is 12.0 Å². The predicted molar refractivity (Wildman–Crippen MR) is 74.5 cm³/mol. The van der Waals surface area contributed by atoms with Crippen molar-refractivity contribution in [2.45, 2.75) is 19.4 Å². The highest BCUT2D eigenvalue weighted by molar-refractivity contribution is 5.73. The van der Waals surface area contributed by atoms with Crippen molar-refractivity contribution < 1.29 is 14.6 Å². The maximum absolute atomic E-state index is 11.3. The molecule has 1 aromatic carbocycles. The number of hydrogen-bond donors (Lipinski definition) is 1. The van der Waals surface area contributed by atoms with E-state index in [0.717, 1.165) is 12.1 Å². The van der Waals surface area contributed by atoms with Gasteiger partial charge in [-0.05, 0) is 18.6 Å². The van der Waals surface area contributed by atoms with E-state index < -0.39 is 11.9 Å². The fourth-order valence-electron chi connectivity index (χ4n) is 2.61. The number of carboxylic acids is 1. The third kappa shape index (κ3) is 2.75. The molecule has 1 fully saturated rings. The van der Waals surface area contributed by atoms with E-state index in [-0.39, 0.29) is 12.6 Å². The number of anilines is 1. The number of ether oxygens (including phenoxy) is 1. The lowest BCUT2D eigenvalue weighted by atomic mass is 10.00. The summed E-state index contributed by atoms with van der Waals surface area (Å²) in [6.45, 7) is 3.36. The lowest BCUT2D eigenvalue weighted by molar-refractivity contribution is -0.141. The number of carboxylic acid groups (broad SMARTS) is 1. The number of rotatable bonds is 5. The van der Waals surface area contributed by atoms with Crippen molar-refractivity contribution in [2.75, 3.05) is 24.7 Å². The smallest absolute Gasteiger partial charge is 0.311 e. The SMILES string of the molecule is CCCN(c1ccccc1C#N)C1COCC1C(=O)O. The molecule has 1 saturated heterocycles. The van der Waals surface area contributed by atoms with Gasteiger partial charge < -0.3 is 14.7 Å². The maximum Gasteiger partial charge on any atom is 0.311 e. The first-order chi connectivity index (χ1) is 9.69. The zero-order valence-corrected chi connectivity index (χ0v) is 11.5. The van der Waals surface area contributed by atoms with Gasteiger partial charge in [-0.1, -0.05) is 19.1 Å². The zero-order valence-electron chi connectivity index (χ0n) is 11.5. The van der Waals surface area contributed by atoms with Crippen LogP contribution in [0.25, 0.3) is 0 Å². The van der Waals surface area contributed by atoms with Crippen molar-refractivity contribution in [3.05, 3.63) is 29.8 Å². The topological polar surface area (TPSA) is 73.6 Å². The molecule has 20 heavy (non-hydrogen) atoms. The Hall–Kier alpha value is -2.06. The van der Waals surface area contributed by atoms with Gasteiger partial charge in [0.15, 0.2) is 0 Å². The molecule has 0 aliphatic carbocycles. The van der Waals surface area contributed by atoms with Crippen molar-refractivity contribution in [2.24, 2.45) is 5.92 Å². The molecule has 0 spiro atoms. The highest BCUT2D eigenvalue weighted by atomic mass is 16.5. The second-order valence-electron chi connectivity index (χ2n) is 4.87. The molecule has 1 aliphatic heterocycles. The minimum Gasteiger partial charge on any atom is -0.481 e. The molecule has 5 heteroatoms. The molecule has 0 amide bonds. The molecule has 5 nitrogen and oxygen atoms in total. The summed E-state index contributed by atoms with van der Waals surface area (Å²) in [5.74, 6) is -1.39. The van der Waals surface area contributed by atoms with Crippen LogP contribution in [0, 0.1) is 17.2 Å². The van der Waals surface area contributed by atoms with E-state index in [9.17, 15) is 15.2 Å². The van der Waals surface area contributed by atoms with Crippen LogP contribution in [0.15, 0.2) is 24.3 Å². The van der Waals surface area contributed by atoms with Gasteiger partial charge in [-0.2, -0.15) is 5.26 Å². The van der Waals surface area contributed by atoms with E-state index in [4.69, 9.17) is 4.74 Å². The number of nitrogens with zero attached hydrogens (tertiary/aromatic N) is 2. The van der Waals surface area contributed by atoms with Gasteiger partial charge in [0.2, 0.25) is 0 Å². The second kappa shape index (κ2) is 6.40. The molecule has 1 aliphatic rings. The fourth-order valence-corrected chi connectivity index (χ4v) is 2.61. The first-order valence-corrected chi connectivity index (χ1v) is 6.75. The Balaban J connectivity index is 2.36. The molecule has 0 aromatic heterocycles. The third-order valence-corrected chi connectivity index (χ3v) is 3.57.